The van der Waals surface area contributed by atoms with Gasteiger partial charge in [-0.2, -0.15) is 0 Å². The van der Waals surface area contributed by atoms with Gasteiger partial charge in [0.25, 0.3) is 5.91 Å². The van der Waals surface area contributed by atoms with Crippen molar-refractivity contribution in [3.8, 4) is 5.75 Å². The molecule has 0 radical (unpaired) electrons. The van der Waals surface area contributed by atoms with Crippen molar-refractivity contribution in [2.45, 2.75) is 38.1 Å². The highest BCUT2D eigenvalue weighted by Crippen LogP contribution is 2.44. The second kappa shape index (κ2) is 12.0. The van der Waals surface area contributed by atoms with Gasteiger partial charge in [-0.05, 0) is 31.4 Å². The maximum absolute atomic E-state index is 13.5. The van der Waals surface area contributed by atoms with Crippen molar-refractivity contribution in [3.63, 3.8) is 0 Å². The Kier molecular flexibility index (Phi) is 9.05. The van der Waals surface area contributed by atoms with E-state index in [2.05, 4.69) is 5.32 Å². The molecule has 2 amide bonds. The summed E-state index contributed by atoms with van der Waals surface area (Å²) in [4.78, 5) is 51.2. The van der Waals surface area contributed by atoms with Crippen molar-refractivity contribution in [3.05, 3.63) is 24.3 Å². The van der Waals surface area contributed by atoms with Gasteiger partial charge in [0.2, 0.25) is 5.91 Å². The zero-order valence-electron chi connectivity index (χ0n) is 19.7. The third-order valence-corrected chi connectivity index (χ3v) is 6.50. The lowest BCUT2D eigenvalue weighted by molar-refractivity contribution is -0.147. The summed E-state index contributed by atoms with van der Waals surface area (Å²) in [6.07, 6.45) is 2.57. The number of ether oxygens (including phenoxy) is 3. The summed E-state index contributed by atoms with van der Waals surface area (Å²) in [5.41, 5.74) is -0.656. The molecule has 3 rings (SSSR count). The van der Waals surface area contributed by atoms with Crippen LogP contribution < -0.4 is 15.0 Å². The largest absolute Gasteiger partial charge is 0.489 e. The molecular weight excluding hydrogens is 460 g/mol. The number of amides is 2. The molecule has 1 aliphatic heterocycles. The smallest absolute Gasteiger partial charge is 0.323 e. The number of aliphatic carboxylic acids is 2. The Morgan fingerprint density at radius 3 is 2.57 bits per heavy atom. The molecule has 11 nitrogen and oxygen atoms in total. The number of methoxy groups -OCH3 is 1. The van der Waals surface area contributed by atoms with Gasteiger partial charge in [-0.15, -0.1) is 0 Å². The van der Waals surface area contributed by atoms with Crippen molar-refractivity contribution in [2.24, 2.45) is 11.3 Å². The lowest BCUT2D eigenvalue weighted by Crippen LogP contribution is -2.55. The van der Waals surface area contributed by atoms with E-state index in [1.165, 1.54) is 7.11 Å². The molecule has 1 aromatic carbocycles. The van der Waals surface area contributed by atoms with E-state index in [-0.39, 0.29) is 26.2 Å². The normalized spacial score (nSPS) is 19.9. The van der Waals surface area contributed by atoms with Crippen molar-refractivity contribution in [2.75, 3.05) is 45.0 Å². The number of carboxylic acids is 2. The van der Waals surface area contributed by atoms with Gasteiger partial charge >= 0.3 is 11.9 Å². The SMILES string of the molecule is COCCOC[C@H](CC1(C(=O)N[C@H]2COc3ccccc3N(CC(=O)O)C2=O)CCCC1)C(=O)O. The summed E-state index contributed by atoms with van der Waals surface area (Å²) in [7, 11) is 1.52. The van der Waals surface area contributed by atoms with Gasteiger partial charge in [0.1, 0.15) is 24.9 Å². The minimum Gasteiger partial charge on any atom is -0.489 e. The molecule has 0 aromatic heterocycles. The Hall–Kier alpha value is -3.18. The summed E-state index contributed by atoms with van der Waals surface area (Å²) in [5, 5.41) is 21.8. The third-order valence-electron chi connectivity index (χ3n) is 6.50. The highest BCUT2D eigenvalue weighted by atomic mass is 16.5. The van der Waals surface area contributed by atoms with Gasteiger partial charge in [-0.25, -0.2) is 0 Å². The number of rotatable bonds is 12. The fraction of sp³-hybridized carbons (Fsp3) is 0.583. The van der Waals surface area contributed by atoms with Crippen LogP contribution in [0.25, 0.3) is 0 Å². The van der Waals surface area contributed by atoms with Gasteiger partial charge < -0.3 is 29.7 Å². The average Bonchev–Trinajstić information content (AvgIpc) is 3.27. The summed E-state index contributed by atoms with van der Waals surface area (Å²) in [5.74, 6) is -3.85. The molecule has 11 heteroatoms. The van der Waals surface area contributed by atoms with Crippen LogP contribution in [0.2, 0.25) is 0 Å². The van der Waals surface area contributed by atoms with E-state index in [1.54, 1.807) is 24.3 Å². The van der Waals surface area contributed by atoms with E-state index >= 15 is 0 Å². The second-order valence-corrected chi connectivity index (χ2v) is 8.92. The number of nitrogens with zero attached hydrogens (tertiary/aromatic N) is 1. The predicted molar refractivity (Wildman–Crippen MR) is 123 cm³/mol. The molecule has 0 spiro atoms. The quantitative estimate of drug-likeness (QED) is 0.367. The van der Waals surface area contributed by atoms with E-state index in [1.807, 2.05) is 0 Å². The maximum Gasteiger partial charge on any atom is 0.323 e. The number of hydrogen-bond acceptors (Lipinski definition) is 7. The standard InChI is InChI=1S/C24H32N2O9/c1-33-10-11-34-14-16(22(30)31)12-24(8-4-5-9-24)23(32)25-17-15-35-19-7-3-2-6-18(19)26(21(17)29)13-20(27)28/h2-3,6-7,16-17H,4-5,8-15H2,1H3,(H,25,32)(H,27,28)(H,30,31)/t16-,17-/m0/s1. The van der Waals surface area contributed by atoms with Crippen LogP contribution in [0.1, 0.15) is 32.1 Å². The zero-order chi connectivity index (χ0) is 25.4. The maximum atomic E-state index is 13.5. The fourth-order valence-electron chi connectivity index (χ4n) is 4.70. The number of carboxylic acid groups (broad SMARTS) is 2. The molecule has 2 aliphatic rings. The number of fused-ring (bicyclic) bond motifs is 1. The molecule has 1 saturated carbocycles. The average molecular weight is 493 g/mol. The molecule has 0 bridgehead atoms. The minimum atomic E-state index is -1.20. The van der Waals surface area contributed by atoms with Gasteiger partial charge in [0, 0.05) is 7.11 Å². The van der Waals surface area contributed by atoms with Crippen LogP contribution in [0.5, 0.6) is 5.75 Å². The van der Waals surface area contributed by atoms with E-state index in [9.17, 15) is 29.4 Å². The lowest BCUT2D eigenvalue weighted by Gasteiger charge is -2.32. The third kappa shape index (κ3) is 6.49. The van der Waals surface area contributed by atoms with Crippen molar-refractivity contribution < 1.29 is 43.6 Å². The number of carbonyl (C=O) groups is 4. The van der Waals surface area contributed by atoms with Crippen LogP contribution in [-0.2, 0) is 28.7 Å². The first-order valence-electron chi connectivity index (χ1n) is 11.6. The predicted octanol–water partition coefficient (Wildman–Crippen LogP) is 1.30. The Morgan fingerprint density at radius 1 is 1.20 bits per heavy atom. The molecule has 1 aromatic rings. The highest BCUT2D eigenvalue weighted by molar-refractivity contribution is 6.04. The van der Waals surface area contributed by atoms with Gasteiger partial charge in [0.05, 0.1) is 36.8 Å². The van der Waals surface area contributed by atoms with Crippen molar-refractivity contribution in [1.29, 1.82) is 0 Å². The van der Waals surface area contributed by atoms with Crippen LogP contribution in [0.15, 0.2) is 24.3 Å². The molecule has 1 aliphatic carbocycles. The van der Waals surface area contributed by atoms with Crippen LogP contribution in [0.4, 0.5) is 5.69 Å². The molecule has 0 saturated heterocycles. The van der Waals surface area contributed by atoms with Crippen LogP contribution >= 0.6 is 0 Å². The number of hydrogen-bond donors (Lipinski definition) is 3. The Balaban J connectivity index is 1.77. The number of carbonyl (C=O) groups excluding carboxylic acids is 2. The van der Waals surface area contributed by atoms with Gasteiger partial charge in [-0.1, -0.05) is 25.0 Å². The number of benzene rings is 1. The fourth-order valence-corrected chi connectivity index (χ4v) is 4.70. The summed E-state index contributed by atoms with van der Waals surface area (Å²) < 4.78 is 16.1. The molecule has 0 unspecified atom stereocenters. The summed E-state index contributed by atoms with van der Waals surface area (Å²) >= 11 is 0. The topological polar surface area (TPSA) is 152 Å². The van der Waals surface area contributed by atoms with Gasteiger partial charge in [0.15, 0.2) is 0 Å². The van der Waals surface area contributed by atoms with Crippen LogP contribution in [0.3, 0.4) is 0 Å². The molecular formula is C24H32N2O9. The van der Waals surface area contributed by atoms with Crippen molar-refractivity contribution in [1.82, 2.24) is 5.32 Å². The molecule has 3 N–H and O–H groups in total. The minimum absolute atomic E-state index is 0.0547. The molecule has 192 valence electrons. The monoisotopic (exact) mass is 492 g/mol. The van der Waals surface area contributed by atoms with Crippen LogP contribution in [-0.4, -0.2) is 80.1 Å². The lowest BCUT2D eigenvalue weighted by atomic mass is 9.76. The Labute approximate surface area is 203 Å². The molecule has 35 heavy (non-hydrogen) atoms. The highest BCUT2D eigenvalue weighted by Gasteiger charge is 2.46. The van der Waals surface area contributed by atoms with Crippen LogP contribution in [0, 0.1) is 11.3 Å². The molecule has 2 atom stereocenters. The first-order valence-corrected chi connectivity index (χ1v) is 11.6. The Bertz CT molecular complexity index is 929. The summed E-state index contributed by atoms with van der Waals surface area (Å²) in [6.45, 7) is -0.238. The van der Waals surface area contributed by atoms with E-state index in [4.69, 9.17) is 14.2 Å². The molecule has 1 fully saturated rings. The number of anilines is 1. The first kappa shape index (κ1) is 26.4. The summed E-state index contributed by atoms with van der Waals surface area (Å²) in [6, 6.07) is 5.46. The van der Waals surface area contributed by atoms with Crippen molar-refractivity contribution >= 4 is 29.4 Å². The zero-order valence-corrected chi connectivity index (χ0v) is 19.7. The second-order valence-electron chi connectivity index (χ2n) is 8.92. The van der Waals surface area contributed by atoms with E-state index < -0.39 is 47.7 Å². The molecule has 1 heterocycles. The first-order chi connectivity index (χ1) is 16.8. The van der Waals surface area contributed by atoms with Gasteiger partial charge in [-0.3, -0.25) is 24.1 Å². The van der Waals surface area contributed by atoms with E-state index in [0.29, 0.717) is 30.9 Å². The number of para-hydroxylation sites is 2. The van der Waals surface area contributed by atoms with E-state index in [0.717, 1.165) is 17.7 Å². The number of nitrogens with one attached hydrogen (secondary N) is 1. The Morgan fingerprint density at radius 2 is 1.91 bits per heavy atom.